The molecule has 2 aromatic heterocycles. The fourth-order valence-electron chi connectivity index (χ4n) is 3.13. The minimum absolute atomic E-state index is 0.296. The summed E-state index contributed by atoms with van der Waals surface area (Å²) < 4.78 is 1.75. The second kappa shape index (κ2) is 5.75. The van der Waals surface area contributed by atoms with E-state index in [4.69, 9.17) is 5.73 Å². The van der Waals surface area contributed by atoms with Gasteiger partial charge in [0.05, 0.1) is 0 Å². The Morgan fingerprint density at radius 3 is 2.95 bits per heavy atom. The van der Waals surface area contributed by atoms with E-state index in [2.05, 4.69) is 20.4 Å². The fraction of sp³-hybridized carbons (Fsp3) is 0.643. The van der Waals surface area contributed by atoms with E-state index in [9.17, 15) is 0 Å². The van der Waals surface area contributed by atoms with Crippen LogP contribution in [0.25, 0.3) is 5.78 Å². The number of hydrogen-bond donors (Lipinski definition) is 2. The van der Waals surface area contributed by atoms with Gasteiger partial charge < -0.3 is 11.1 Å². The Kier molecular flexibility index (Phi) is 3.82. The summed E-state index contributed by atoms with van der Waals surface area (Å²) in [6, 6.07) is 2.30. The molecule has 6 heteroatoms. The van der Waals surface area contributed by atoms with E-state index in [-0.39, 0.29) is 0 Å². The monoisotopic (exact) mass is 274 g/mol. The van der Waals surface area contributed by atoms with Crippen molar-refractivity contribution in [2.45, 2.75) is 45.1 Å². The summed E-state index contributed by atoms with van der Waals surface area (Å²) in [6.45, 7) is 2.61. The molecule has 108 valence electrons. The fourth-order valence-corrected chi connectivity index (χ4v) is 3.13. The van der Waals surface area contributed by atoms with Gasteiger partial charge in [0.15, 0.2) is 0 Å². The van der Waals surface area contributed by atoms with Crippen LogP contribution in [0.2, 0.25) is 0 Å². The molecular formula is C14H22N6. The number of aryl methyl sites for hydroxylation is 1. The summed E-state index contributed by atoms with van der Waals surface area (Å²) in [6.07, 6.45) is 8.05. The van der Waals surface area contributed by atoms with Crippen LogP contribution in [0.1, 0.15) is 37.8 Å². The van der Waals surface area contributed by atoms with Gasteiger partial charge in [-0.3, -0.25) is 0 Å². The highest BCUT2D eigenvalue weighted by molar-refractivity contribution is 5.45. The lowest BCUT2D eigenvalue weighted by Gasteiger charge is -2.30. The van der Waals surface area contributed by atoms with Crippen LogP contribution in [-0.4, -0.2) is 32.2 Å². The first-order valence-electron chi connectivity index (χ1n) is 7.42. The van der Waals surface area contributed by atoms with E-state index < -0.39 is 0 Å². The van der Waals surface area contributed by atoms with Gasteiger partial charge in [0.2, 0.25) is 0 Å². The molecule has 2 heterocycles. The average Bonchev–Trinajstić information content (AvgIpc) is 2.93. The molecule has 1 aliphatic rings. The normalized spacial score (nSPS) is 18.3. The highest BCUT2D eigenvalue weighted by Crippen LogP contribution is 2.28. The van der Waals surface area contributed by atoms with Gasteiger partial charge in [0.25, 0.3) is 5.78 Å². The quantitative estimate of drug-likeness (QED) is 0.887. The van der Waals surface area contributed by atoms with Crippen molar-refractivity contribution in [3.8, 4) is 0 Å². The maximum atomic E-state index is 5.99. The smallest absolute Gasteiger partial charge is 0.254 e. The molecule has 6 nitrogen and oxygen atoms in total. The van der Waals surface area contributed by atoms with Crippen molar-refractivity contribution in [2.24, 2.45) is 11.7 Å². The van der Waals surface area contributed by atoms with Crippen molar-refractivity contribution in [2.75, 3.05) is 11.9 Å². The third-order valence-electron chi connectivity index (χ3n) is 4.19. The van der Waals surface area contributed by atoms with Gasteiger partial charge in [-0.1, -0.05) is 19.3 Å². The van der Waals surface area contributed by atoms with E-state index in [0.717, 1.165) is 11.5 Å². The first-order chi connectivity index (χ1) is 9.78. The van der Waals surface area contributed by atoms with Crippen LogP contribution in [0, 0.1) is 12.8 Å². The Labute approximate surface area is 118 Å². The van der Waals surface area contributed by atoms with Gasteiger partial charge in [0, 0.05) is 24.3 Å². The standard InChI is InChI=1S/C14H22N6/c1-10-7-13(20-14(18-10)16-9-17-20)19-12(8-15)11-5-3-2-4-6-11/h7,9,11-12,19H,2-6,8,15H2,1H3. The molecule has 0 saturated heterocycles. The van der Waals surface area contributed by atoms with Crippen molar-refractivity contribution in [1.82, 2.24) is 19.6 Å². The first-order valence-corrected chi connectivity index (χ1v) is 7.42. The molecule has 0 aliphatic heterocycles. The van der Waals surface area contributed by atoms with Crippen LogP contribution in [0.3, 0.4) is 0 Å². The van der Waals surface area contributed by atoms with E-state index in [1.165, 1.54) is 38.4 Å². The Bertz CT molecular complexity index is 572. The predicted octanol–water partition coefficient (Wildman–Crippen LogP) is 1.75. The topological polar surface area (TPSA) is 81.1 Å². The van der Waals surface area contributed by atoms with Gasteiger partial charge >= 0.3 is 0 Å². The zero-order valence-electron chi connectivity index (χ0n) is 11.9. The number of aromatic nitrogens is 4. The molecule has 1 atom stereocenters. The Balaban J connectivity index is 1.84. The van der Waals surface area contributed by atoms with Crippen LogP contribution in [0.5, 0.6) is 0 Å². The van der Waals surface area contributed by atoms with Crippen LogP contribution in [0.4, 0.5) is 5.82 Å². The van der Waals surface area contributed by atoms with E-state index in [1.54, 1.807) is 4.52 Å². The SMILES string of the molecule is Cc1cc(NC(CN)C2CCCCC2)n2ncnc2n1. The maximum Gasteiger partial charge on any atom is 0.254 e. The summed E-state index contributed by atoms with van der Waals surface area (Å²) in [5.74, 6) is 2.22. The van der Waals surface area contributed by atoms with Gasteiger partial charge in [-0.05, 0) is 25.7 Å². The number of hydrogen-bond acceptors (Lipinski definition) is 5. The molecular weight excluding hydrogens is 252 g/mol. The zero-order valence-corrected chi connectivity index (χ0v) is 11.9. The molecule has 3 N–H and O–H groups in total. The molecule has 2 aromatic rings. The molecule has 20 heavy (non-hydrogen) atoms. The molecule has 0 amide bonds. The largest absolute Gasteiger partial charge is 0.366 e. The van der Waals surface area contributed by atoms with Crippen molar-refractivity contribution >= 4 is 11.6 Å². The van der Waals surface area contributed by atoms with E-state index in [0.29, 0.717) is 24.3 Å². The lowest BCUT2D eigenvalue weighted by atomic mass is 9.84. The molecule has 1 aliphatic carbocycles. The van der Waals surface area contributed by atoms with Crippen LogP contribution >= 0.6 is 0 Å². The lowest BCUT2D eigenvalue weighted by molar-refractivity contribution is 0.320. The van der Waals surface area contributed by atoms with Crippen molar-refractivity contribution in [3.63, 3.8) is 0 Å². The molecule has 1 saturated carbocycles. The Morgan fingerprint density at radius 2 is 2.20 bits per heavy atom. The molecule has 0 radical (unpaired) electrons. The van der Waals surface area contributed by atoms with Gasteiger partial charge in [-0.25, -0.2) is 4.98 Å². The highest BCUT2D eigenvalue weighted by Gasteiger charge is 2.23. The molecule has 3 rings (SSSR count). The number of anilines is 1. The van der Waals surface area contributed by atoms with Gasteiger partial charge in [0.1, 0.15) is 12.1 Å². The van der Waals surface area contributed by atoms with E-state index in [1.807, 2.05) is 13.0 Å². The zero-order chi connectivity index (χ0) is 13.9. The number of nitrogens with one attached hydrogen (secondary N) is 1. The third kappa shape index (κ3) is 2.60. The summed E-state index contributed by atoms with van der Waals surface area (Å²) in [4.78, 5) is 8.52. The van der Waals surface area contributed by atoms with Crippen LogP contribution in [-0.2, 0) is 0 Å². The van der Waals surface area contributed by atoms with Gasteiger partial charge in [-0.2, -0.15) is 14.6 Å². The lowest BCUT2D eigenvalue weighted by Crippen LogP contribution is -2.38. The minimum Gasteiger partial charge on any atom is -0.366 e. The van der Waals surface area contributed by atoms with Crippen LogP contribution in [0.15, 0.2) is 12.4 Å². The second-order valence-corrected chi connectivity index (χ2v) is 5.64. The summed E-state index contributed by atoms with van der Waals surface area (Å²) in [5, 5.41) is 7.80. The second-order valence-electron chi connectivity index (χ2n) is 5.64. The van der Waals surface area contributed by atoms with E-state index >= 15 is 0 Å². The number of rotatable bonds is 4. The van der Waals surface area contributed by atoms with Crippen LogP contribution < -0.4 is 11.1 Å². The number of fused-ring (bicyclic) bond motifs is 1. The third-order valence-corrected chi connectivity index (χ3v) is 4.19. The van der Waals surface area contributed by atoms with Crippen molar-refractivity contribution < 1.29 is 0 Å². The maximum absolute atomic E-state index is 5.99. The molecule has 0 spiro atoms. The summed E-state index contributed by atoms with van der Waals surface area (Å²) in [5.41, 5.74) is 6.92. The molecule has 1 unspecified atom stereocenters. The Morgan fingerprint density at radius 1 is 1.40 bits per heavy atom. The predicted molar refractivity (Wildman–Crippen MR) is 78.6 cm³/mol. The van der Waals surface area contributed by atoms with Gasteiger partial charge in [-0.15, -0.1) is 0 Å². The summed E-state index contributed by atoms with van der Waals surface area (Å²) in [7, 11) is 0. The first kappa shape index (κ1) is 13.3. The van der Waals surface area contributed by atoms with Crippen molar-refractivity contribution in [3.05, 3.63) is 18.1 Å². The average molecular weight is 274 g/mol. The minimum atomic E-state index is 0.296. The number of nitrogens with zero attached hydrogens (tertiary/aromatic N) is 4. The number of nitrogens with two attached hydrogens (primary N) is 1. The molecule has 1 fully saturated rings. The molecule has 0 bridgehead atoms. The van der Waals surface area contributed by atoms with Crippen molar-refractivity contribution in [1.29, 1.82) is 0 Å². The molecule has 0 aromatic carbocycles. The summed E-state index contributed by atoms with van der Waals surface area (Å²) >= 11 is 0. The highest BCUT2D eigenvalue weighted by atomic mass is 15.4. The Hall–Kier alpha value is -1.69.